The van der Waals surface area contributed by atoms with Gasteiger partial charge in [0.1, 0.15) is 5.60 Å². The third-order valence-corrected chi connectivity index (χ3v) is 2.71. The number of ether oxygens (including phenoxy) is 1. The Kier molecular flexibility index (Phi) is 4.39. The molecule has 0 aromatic rings. The molecule has 1 amide bonds. The number of rotatable bonds is 3. The highest BCUT2D eigenvalue weighted by Gasteiger charge is 2.29. The first-order valence-electron chi connectivity index (χ1n) is 5.59. The molecule has 0 saturated heterocycles. The van der Waals surface area contributed by atoms with Crippen LogP contribution in [0.25, 0.3) is 0 Å². The molecule has 0 aromatic carbocycles. The molecule has 0 aliphatic carbocycles. The molecule has 0 spiro atoms. The van der Waals surface area contributed by atoms with E-state index in [9.17, 15) is 13.2 Å². The number of amides is 1. The Labute approximate surface area is 108 Å². The molecule has 0 fully saturated rings. The van der Waals surface area contributed by atoms with Crippen LogP contribution in [0, 0.1) is 0 Å². The molecule has 1 aliphatic heterocycles. The Bertz CT molecular complexity index is 435. The van der Waals surface area contributed by atoms with Crippen LogP contribution in [0.4, 0.5) is 4.79 Å². The van der Waals surface area contributed by atoms with Crippen molar-refractivity contribution in [3.63, 3.8) is 0 Å². The molecule has 0 unspecified atom stereocenters. The lowest BCUT2D eigenvalue weighted by atomic mass is 10.2. The standard InChI is InChI=1S/C11H19NO5S/c1-11(2,3)17-10(13)12-7-5-6-9(12)8-16-18(4,14)15/h5-6,9H,7-8H2,1-4H3/t9-/m0/s1. The highest BCUT2D eigenvalue weighted by Crippen LogP contribution is 2.16. The Morgan fingerprint density at radius 1 is 1.44 bits per heavy atom. The summed E-state index contributed by atoms with van der Waals surface area (Å²) in [5, 5.41) is 0. The highest BCUT2D eigenvalue weighted by molar-refractivity contribution is 7.85. The van der Waals surface area contributed by atoms with Gasteiger partial charge in [0.05, 0.1) is 18.9 Å². The lowest BCUT2D eigenvalue weighted by Gasteiger charge is -2.28. The van der Waals surface area contributed by atoms with Crippen LogP contribution >= 0.6 is 0 Å². The van der Waals surface area contributed by atoms with Crippen molar-refractivity contribution >= 4 is 16.2 Å². The topological polar surface area (TPSA) is 72.9 Å². The Morgan fingerprint density at radius 3 is 2.56 bits per heavy atom. The van der Waals surface area contributed by atoms with Gasteiger partial charge in [0.2, 0.25) is 0 Å². The summed E-state index contributed by atoms with van der Waals surface area (Å²) in [6.45, 7) is 5.63. The van der Waals surface area contributed by atoms with E-state index in [0.29, 0.717) is 6.54 Å². The van der Waals surface area contributed by atoms with E-state index >= 15 is 0 Å². The zero-order valence-corrected chi connectivity index (χ0v) is 11.9. The summed E-state index contributed by atoms with van der Waals surface area (Å²) in [5.74, 6) is 0. The number of carbonyl (C=O) groups excluding carboxylic acids is 1. The van der Waals surface area contributed by atoms with Crippen LogP contribution in [0.15, 0.2) is 12.2 Å². The molecule has 0 radical (unpaired) electrons. The third-order valence-electron chi connectivity index (χ3n) is 2.14. The normalized spacial score (nSPS) is 20.2. The van der Waals surface area contributed by atoms with Gasteiger partial charge in [0, 0.05) is 6.54 Å². The molecule has 1 rings (SSSR count). The summed E-state index contributed by atoms with van der Waals surface area (Å²) < 4.78 is 31.7. The van der Waals surface area contributed by atoms with Crippen molar-refractivity contribution in [2.24, 2.45) is 0 Å². The van der Waals surface area contributed by atoms with Gasteiger partial charge in [-0.1, -0.05) is 12.2 Å². The molecule has 0 saturated carbocycles. The minimum atomic E-state index is -3.51. The zero-order valence-electron chi connectivity index (χ0n) is 11.0. The second-order valence-corrected chi connectivity index (χ2v) is 6.76. The number of carbonyl (C=O) groups is 1. The minimum absolute atomic E-state index is 0.0887. The maximum atomic E-state index is 11.9. The molecule has 18 heavy (non-hydrogen) atoms. The Balaban J connectivity index is 2.59. The fourth-order valence-electron chi connectivity index (χ4n) is 1.44. The SMILES string of the molecule is CC(C)(C)OC(=O)N1CC=C[C@H]1COS(C)(=O)=O. The van der Waals surface area contributed by atoms with Gasteiger partial charge in [0.15, 0.2) is 0 Å². The monoisotopic (exact) mass is 277 g/mol. The maximum absolute atomic E-state index is 11.9. The summed E-state index contributed by atoms with van der Waals surface area (Å²) in [5.41, 5.74) is -0.581. The smallest absolute Gasteiger partial charge is 0.411 e. The van der Waals surface area contributed by atoms with E-state index in [4.69, 9.17) is 8.92 Å². The predicted octanol–water partition coefficient (Wildman–Crippen LogP) is 1.14. The highest BCUT2D eigenvalue weighted by atomic mass is 32.2. The minimum Gasteiger partial charge on any atom is -0.444 e. The summed E-state index contributed by atoms with van der Waals surface area (Å²) in [4.78, 5) is 13.3. The molecular formula is C11H19NO5S. The summed E-state index contributed by atoms with van der Waals surface area (Å²) >= 11 is 0. The third kappa shape index (κ3) is 5.05. The van der Waals surface area contributed by atoms with E-state index in [2.05, 4.69) is 0 Å². The lowest BCUT2D eigenvalue weighted by Crippen LogP contribution is -2.42. The van der Waals surface area contributed by atoms with Crippen molar-refractivity contribution in [2.45, 2.75) is 32.4 Å². The summed E-state index contributed by atoms with van der Waals surface area (Å²) in [6.07, 6.45) is 4.01. The van der Waals surface area contributed by atoms with E-state index in [0.717, 1.165) is 6.26 Å². The first-order chi connectivity index (χ1) is 8.08. The molecule has 104 valence electrons. The molecule has 1 heterocycles. The van der Waals surface area contributed by atoms with Crippen molar-refractivity contribution in [3.8, 4) is 0 Å². The Hall–Kier alpha value is -1.08. The number of hydrogen-bond acceptors (Lipinski definition) is 5. The molecule has 1 atom stereocenters. The summed E-state index contributed by atoms with van der Waals surface area (Å²) in [7, 11) is -3.51. The number of nitrogens with zero attached hydrogens (tertiary/aromatic N) is 1. The van der Waals surface area contributed by atoms with Gasteiger partial charge in [-0.3, -0.25) is 9.08 Å². The van der Waals surface area contributed by atoms with Crippen molar-refractivity contribution in [3.05, 3.63) is 12.2 Å². The van der Waals surface area contributed by atoms with Crippen molar-refractivity contribution in [1.82, 2.24) is 4.90 Å². The lowest BCUT2D eigenvalue weighted by molar-refractivity contribution is 0.0209. The van der Waals surface area contributed by atoms with Gasteiger partial charge < -0.3 is 4.74 Å². The van der Waals surface area contributed by atoms with Crippen LogP contribution in [0.3, 0.4) is 0 Å². The molecule has 0 aromatic heterocycles. The summed E-state index contributed by atoms with van der Waals surface area (Å²) in [6, 6.07) is -0.408. The van der Waals surface area contributed by atoms with Gasteiger partial charge in [-0.05, 0) is 20.8 Å². The quantitative estimate of drug-likeness (QED) is 0.571. The molecule has 0 N–H and O–H groups in total. The second kappa shape index (κ2) is 5.27. The van der Waals surface area contributed by atoms with E-state index in [1.807, 2.05) is 0 Å². The zero-order chi connectivity index (χ0) is 14.0. The van der Waals surface area contributed by atoms with Gasteiger partial charge in [-0.2, -0.15) is 8.42 Å². The number of hydrogen-bond donors (Lipinski definition) is 0. The van der Waals surface area contributed by atoms with Gasteiger partial charge in [0.25, 0.3) is 10.1 Å². The van der Waals surface area contributed by atoms with Crippen LogP contribution in [0.5, 0.6) is 0 Å². The fourth-order valence-corrected chi connectivity index (χ4v) is 1.83. The average molecular weight is 277 g/mol. The van der Waals surface area contributed by atoms with Crippen LogP contribution in [0.1, 0.15) is 20.8 Å². The van der Waals surface area contributed by atoms with Gasteiger partial charge in [-0.25, -0.2) is 4.79 Å². The molecular weight excluding hydrogens is 258 g/mol. The van der Waals surface area contributed by atoms with Crippen LogP contribution in [0.2, 0.25) is 0 Å². The van der Waals surface area contributed by atoms with Crippen LogP contribution in [-0.4, -0.2) is 50.5 Å². The van der Waals surface area contributed by atoms with Crippen LogP contribution in [-0.2, 0) is 19.0 Å². The first-order valence-corrected chi connectivity index (χ1v) is 7.41. The van der Waals surface area contributed by atoms with E-state index in [-0.39, 0.29) is 6.61 Å². The van der Waals surface area contributed by atoms with Crippen molar-refractivity contribution in [2.75, 3.05) is 19.4 Å². The molecule has 1 aliphatic rings. The molecule has 6 nitrogen and oxygen atoms in total. The van der Waals surface area contributed by atoms with Crippen molar-refractivity contribution in [1.29, 1.82) is 0 Å². The first kappa shape index (κ1) is 15.0. The van der Waals surface area contributed by atoms with E-state index in [1.165, 1.54) is 4.90 Å². The average Bonchev–Trinajstić information content (AvgIpc) is 2.58. The van der Waals surface area contributed by atoms with Gasteiger partial charge in [-0.15, -0.1) is 0 Å². The maximum Gasteiger partial charge on any atom is 0.411 e. The van der Waals surface area contributed by atoms with E-state index < -0.39 is 27.9 Å². The van der Waals surface area contributed by atoms with Gasteiger partial charge >= 0.3 is 6.09 Å². The van der Waals surface area contributed by atoms with E-state index in [1.54, 1.807) is 32.9 Å². The largest absolute Gasteiger partial charge is 0.444 e. The second-order valence-electron chi connectivity index (χ2n) is 5.12. The van der Waals surface area contributed by atoms with Crippen molar-refractivity contribution < 1.29 is 22.1 Å². The molecule has 0 bridgehead atoms. The predicted molar refractivity (Wildman–Crippen MR) is 66.7 cm³/mol. The van der Waals surface area contributed by atoms with Crippen LogP contribution < -0.4 is 0 Å². The molecule has 7 heteroatoms. The Morgan fingerprint density at radius 2 is 2.06 bits per heavy atom. The fraction of sp³-hybridized carbons (Fsp3) is 0.727.